The molecule has 0 aliphatic carbocycles. The summed E-state index contributed by atoms with van der Waals surface area (Å²) < 4.78 is 28.7. The van der Waals surface area contributed by atoms with E-state index in [4.69, 9.17) is 4.42 Å². The summed E-state index contributed by atoms with van der Waals surface area (Å²) in [6.45, 7) is 3.40. The third kappa shape index (κ3) is 3.58. The van der Waals surface area contributed by atoms with E-state index in [2.05, 4.69) is 10.2 Å². The van der Waals surface area contributed by atoms with Gasteiger partial charge in [-0.1, -0.05) is 0 Å². The van der Waals surface area contributed by atoms with Crippen molar-refractivity contribution in [1.29, 1.82) is 0 Å². The molecule has 0 radical (unpaired) electrons. The van der Waals surface area contributed by atoms with Gasteiger partial charge in [0, 0.05) is 18.2 Å². The quantitative estimate of drug-likeness (QED) is 0.872. The number of hydrogen-bond donors (Lipinski definition) is 1. The molecule has 0 saturated carbocycles. The highest BCUT2D eigenvalue weighted by molar-refractivity contribution is 7.91. The van der Waals surface area contributed by atoms with Gasteiger partial charge in [0.2, 0.25) is 0 Å². The van der Waals surface area contributed by atoms with Gasteiger partial charge in [-0.15, -0.1) is 0 Å². The molecule has 1 aliphatic heterocycles. The minimum Gasteiger partial charge on any atom is -0.465 e. The fraction of sp³-hybridized carbons (Fsp3) is 0.692. The predicted octanol–water partition coefficient (Wildman–Crippen LogP) is 0.926. The van der Waals surface area contributed by atoms with Crippen molar-refractivity contribution < 1.29 is 12.8 Å². The van der Waals surface area contributed by atoms with Crippen molar-refractivity contribution >= 4 is 9.84 Å². The standard InChI is InChI=1S/C13H22N2O3S/c1-10-11(6-13(18-10)7-14-2)8-15(3)12-4-5-19(16,17)9-12/h6,12,14H,4-5,7-9H2,1-3H3. The summed E-state index contributed by atoms with van der Waals surface area (Å²) >= 11 is 0. The molecule has 1 atom stereocenters. The van der Waals surface area contributed by atoms with Crippen LogP contribution in [0.5, 0.6) is 0 Å². The smallest absolute Gasteiger partial charge is 0.151 e. The van der Waals surface area contributed by atoms with Crippen LogP contribution in [0.2, 0.25) is 0 Å². The number of nitrogens with one attached hydrogen (secondary N) is 1. The van der Waals surface area contributed by atoms with Crippen molar-refractivity contribution in [3.05, 3.63) is 23.2 Å². The maximum absolute atomic E-state index is 11.5. The average Bonchev–Trinajstić information content (AvgIpc) is 2.83. The van der Waals surface area contributed by atoms with Crippen LogP contribution >= 0.6 is 0 Å². The summed E-state index contributed by atoms with van der Waals surface area (Å²) in [6, 6.07) is 2.18. The molecule has 2 rings (SSSR count). The number of aryl methyl sites for hydroxylation is 1. The first-order valence-electron chi connectivity index (χ1n) is 6.55. The van der Waals surface area contributed by atoms with E-state index in [1.807, 2.05) is 27.1 Å². The highest BCUT2D eigenvalue weighted by Crippen LogP contribution is 2.21. The van der Waals surface area contributed by atoms with Crippen LogP contribution in [0.4, 0.5) is 0 Å². The van der Waals surface area contributed by atoms with Crippen molar-refractivity contribution in [2.45, 2.75) is 32.5 Å². The van der Waals surface area contributed by atoms with Crippen LogP contribution in [0.3, 0.4) is 0 Å². The van der Waals surface area contributed by atoms with Crippen LogP contribution in [0, 0.1) is 6.92 Å². The van der Waals surface area contributed by atoms with Crippen LogP contribution in [0.1, 0.15) is 23.5 Å². The molecule has 1 aliphatic rings. The number of sulfone groups is 1. The first-order chi connectivity index (χ1) is 8.91. The Balaban J connectivity index is 2.01. The van der Waals surface area contributed by atoms with E-state index in [1.54, 1.807) is 0 Å². The van der Waals surface area contributed by atoms with Gasteiger partial charge in [-0.3, -0.25) is 4.90 Å². The predicted molar refractivity (Wildman–Crippen MR) is 74.7 cm³/mol. The molecule has 5 nitrogen and oxygen atoms in total. The minimum atomic E-state index is -2.82. The average molecular weight is 286 g/mol. The van der Waals surface area contributed by atoms with E-state index < -0.39 is 9.84 Å². The van der Waals surface area contributed by atoms with Crippen molar-refractivity contribution in [3.8, 4) is 0 Å². The molecular weight excluding hydrogens is 264 g/mol. The van der Waals surface area contributed by atoms with Gasteiger partial charge in [0.15, 0.2) is 9.84 Å². The Hall–Kier alpha value is -0.850. The molecule has 19 heavy (non-hydrogen) atoms. The Morgan fingerprint density at radius 2 is 2.26 bits per heavy atom. The van der Waals surface area contributed by atoms with Gasteiger partial charge in [-0.25, -0.2) is 8.42 Å². The molecule has 2 heterocycles. The number of nitrogens with zero attached hydrogens (tertiary/aromatic N) is 1. The number of furan rings is 1. The van der Waals surface area contributed by atoms with Crippen molar-refractivity contribution in [2.24, 2.45) is 0 Å². The van der Waals surface area contributed by atoms with Crippen LogP contribution in [0.25, 0.3) is 0 Å². The third-order valence-electron chi connectivity index (χ3n) is 3.67. The van der Waals surface area contributed by atoms with Gasteiger partial charge in [0.25, 0.3) is 0 Å². The number of hydrogen-bond acceptors (Lipinski definition) is 5. The molecule has 6 heteroatoms. The molecule has 0 amide bonds. The normalized spacial score (nSPS) is 22.2. The molecule has 1 fully saturated rings. The van der Waals surface area contributed by atoms with Crippen LogP contribution < -0.4 is 5.32 Å². The summed E-state index contributed by atoms with van der Waals surface area (Å²) in [4.78, 5) is 2.12. The molecule has 1 aromatic heterocycles. The third-order valence-corrected chi connectivity index (χ3v) is 5.42. The molecule has 0 bridgehead atoms. The van der Waals surface area contributed by atoms with E-state index in [0.29, 0.717) is 12.3 Å². The second-order valence-electron chi connectivity index (χ2n) is 5.30. The zero-order valence-electron chi connectivity index (χ0n) is 11.8. The van der Waals surface area contributed by atoms with Gasteiger partial charge in [-0.05, 0) is 33.5 Å². The molecule has 108 valence electrons. The van der Waals surface area contributed by atoms with Gasteiger partial charge >= 0.3 is 0 Å². The lowest BCUT2D eigenvalue weighted by atomic mass is 10.2. The van der Waals surface area contributed by atoms with Gasteiger partial charge in [0.1, 0.15) is 11.5 Å². The molecule has 0 spiro atoms. The molecule has 1 saturated heterocycles. The van der Waals surface area contributed by atoms with E-state index in [-0.39, 0.29) is 11.8 Å². The van der Waals surface area contributed by atoms with Crippen molar-refractivity contribution in [3.63, 3.8) is 0 Å². The molecule has 1 aromatic rings. The summed E-state index contributed by atoms with van der Waals surface area (Å²) in [5, 5.41) is 3.06. The maximum Gasteiger partial charge on any atom is 0.151 e. The second kappa shape index (κ2) is 5.64. The van der Waals surface area contributed by atoms with Crippen LogP contribution in [-0.2, 0) is 22.9 Å². The van der Waals surface area contributed by atoms with E-state index in [9.17, 15) is 8.42 Å². The monoisotopic (exact) mass is 286 g/mol. The van der Waals surface area contributed by atoms with E-state index >= 15 is 0 Å². The Morgan fingerprint density at radius 1 is 1.53 bits per heavy atom. The SMILES string of the molecule is CNCc1cc(CN(C)C2CCS(=O)(=O)C2)c(C)o1. The van der Waals surface area contributed by atoms with Crippen LogP contribution in [-0.4, -0.2) is 45.0 Å². The Kier molecular flexibility index (Phi) is 4.32. The highest BCUT2D eigenvalue weighted by atomic mass is 32.2. The van der Waals surface area contributed by atoms with E-state index in [1.165, 1.54) is 0 Å². The summed E-state index contributed by atoms with van der Waals surface area (Å²) in [5.74, 6) is 2.43. The first kappa shape index (κ1) is 14.6. The van der Waals surface area contributed by atoms with Crippen molar-refractivity contribution in [2.75, 3.05) is 25.6 Å². The van der Waals surface area contributed by atoms with E-state index in [0.717, 1.165) is 30.0 Å². The fourth-order valence-electron chi connectivity index (χ4n) is 2.53. The van der Waals surface area contributed by atoms with Crippen LogP contribution in [0.15, 0.2) is 10.5 Å². The minimum absolute atomic E-state index is 0.132. The molecule has 0 aromatic carbocycles. The maximum atomic E-state index is 11.5. The zero-order valence-corrected chi connectivity index (χ0v) is 12.6. The summed E-state index contributed by atoms with van der Waals surface area (Å²) in [7, 11) is 1.04. The van der Waals surface area contributed by atoms with Gasteiger partial charge < -0.3 is 9.73 Å². The highest BCUT2D eigenvalue weighted by Gasteiger charge is 2.30. The number of rotatable bonds is 5. The van der Waals surface area contributed by atoms with Crippen molar-refractivity contribution in [1.82, 2.24) is 10.2 Å². The lowest BCUT2D eigenvalue weighted by Crippen LogP contribution is -2.32. The summed E-state index contributed by atoms with van der Waals surface area (Å²) in [6.07, 6.45) is 0.735. The Morgan fingerprint density at radius 3 is 2.84 bits per heavy atom. The topological polar surface area (TPSA) is 62.6 Å². The fourth-order valence-corrected chi connectivity index (χ4v) is 4.33. The second-order valence-corrected chi connectivity index (χ2v) is 7.53. The molecule has 1 N–H and O–H groups in total. The lowest BCUT2D eigenvalue weighted by Gasteiger charge is -2.22. The largest absolute Gasteiger partial charge is 0.465 e. The first-order valence-corrected chi connectivity index (χ1v) is 8.37. The van der Waals surface area contributed by atoms with Gasteiger partial charge in [-0.2, -0.15) is 0 Å². The Labute approximate surface area is 114 Å². The Bertz CT molecular complexity index is 536. The zero-order chi connectivity index (χ0) is 14.0. The molecular formula is C13H22N2O3S. The molecule has 1 unspecified atom stereocenters. The van der Waals surface area contributed by atoms with Gasteiger partial charge in [0.05, 0.1) is 18.1 Å². The lowest BCUT2D eigenvalue weighted by molar-refractivity contribution is 0.252. The summed E-state index contributed by atoms with van der Waals surface area (Å²) in [5.41, 5.74) is 1.14.